The minimum atomic E-state index is -1.37. The highest BCUT2D eigenvalue weighted by atomic mass is 16.4. The Bertz CT molecular complexity index is 146. The van der Waals surface area contributed by atoms with E-state index in [0.29, 0.717) is 0 Å². The highest BCUT2D eigenvalue weighted by Gasteiger charge is 2.41. The number of hydrogen-bond acceptors (Lipinski definition) is 5. The summed E-state index contributed by atoms with van der Waals surface area (Å²) in [6.45, 7) is -0.304. The van der Waals surface area contributed by atoms with Crippen LogP contribution in [0, 0.1) is 5.92 Å². The van der Waals surface area contributed by atoms with Gasteiger partial charge >= 0.3 is 0 Å². The van der Waals surface area contributed by atoms with E-state index in [0.717, 1.165) is 0 Å². The lowest BCUT2D eigenvalue weighted by atomic mass is 9.81. The predicted molar refractivity (Wildman–Crippen MR) is 39.2 cm³/mol. The fourth-order valence-electron chi connectivity index (χ4n) is 1.48. The summed E-state index contributed by atoms with van der Waals surface area (Å²) >= 11 is 0. The molecule has 1 rings (SSSR count). The normalized spacial score (nSPS) is 49.2. The van der Waals surface area contributed by atoms with Crippen LogP contribution in [0.25, 0.3) is 0 Å². The Morgan fingerprint density at radius 2 is 1.50 bits per heavy atom. The minimum Gasteiger partial charge on any atom is -0.396 e. The third kappa shape index (κ3) is 1.60. The molecule has 0 radical (unpaired) electrons. The maximum atomic E-state index is 9.24. The molecular weight excluding hydrogens is 164 g/mol. The van der Waals surface area contributed by atoms with E-state index in [1.807, 2.05) is 0 Å². The van der Waals surface area contributed by atoms with Crippen LogP contribution in [0.2, 0.25) is 0 Å². The first-order chi connectivity index (χ1) is 5.57. The quantitative estimate of drug-likeness (QED) is 0.304. The van der Waals surface area contributed by atoms with Crippen molar-refractivity contribution in [1.82, 2.24) is 0 Å². The molecule has 1 saturated carbocycles. The van der Waals surface area contributed by atoms with Gasteiger partial charge in [-0.15, -0.1) is 0 Å². The summed E-state index contributed by atoms with van der Waals surface area (Å²) in [7, 11) is 0. The highest BCUT2D eigenvalue weighted by Crippen LogP contribution is 2.25. The molecule has 0 amide bonds. The van der Waals surface area contributed by atoms with Gasteiger partial charge in [-0.2, -0.15) is 0 Å². The molecule has 0 aromatic carbocycles. The molecular formula is C7H14O5. The van der Waals surface area contributed by atoms with E-state index in [1.165, 1.54) is 0 Å². The van der Waals surface area contributed by atoms with Crippen molar-refractivity contribution < 1.29 is 25.5 Å². The van der Waals surface area contributed by atoms with Gasteiger partial charge in [-0.3, -0.25) is 0 Å². The molecule has 0 heterocycles. The summed E-state index contributed by atoms with van der Waals surface area (Å²) in [5.41, 5.74) is 0. The third-order valence-electron chi connectivity index (χ3n) is 2.36. The van der Waals surface area contributed by atoms with Crippen molar-refractivity contribution in [1.29, 1.82) is 0 Å². The van der Waals surface area contributed by atoms with Crippen LogP contribution in [0.15, 0.2) is 0 Å². The first kappa shape index (κ1) is 9.88. The summed E-state index contributed by atoms with van der Waals surface area (Å²) in [4.78, 5) is 0. The van der Waals surface area contributed by atoms with Gasteiger partial charge in [-0.25, -0.2) is 0 Å². The lowest BCUT2D eigenvalue weighted by Crippen LogP contribution is -2.54. The van der Waals surface area contributed by atoms with Crippen molar-refractivity contribution in [3.05, 3.63) is 0 Å². The molecule has 0 spiro atoms. The van der Waals surface area contributed by atoms with E-state index in [-0.39, 0.29) is 13.0 Å². The Hall–Kier alpha value is -0.200. The van der Waals surface area contributed by atoms with Gasteiger partial charge in [-0.05, 0) is 6.42 Å². The van der Waals surface area contributed by atoms with Gasteiger partial charge in [0, 0.05) is 12.5 Å². The molecule has 1 aliphatic carbocycles. The first-order valence-corrected chi connectivity index (χ1v) is 3.91. The summed E-state index contributed by atoms with van der Waals surface area (Å²) in [5.74, 6) is -0.557. The predicted octanol–water partition coefficient (Wildman–Crippen LogP) is -2.56. The van der Waals surface area contributed by atoms with Crippen LogP contribution in [0.3, 0.4) is 0 Å². The van der Waals surface area contributed by atoms with Crippen molar-refractivity contribution in [2.24, 2.45) is 5.92 Å². The van der Waals surface area contributed by atoms with E-state index in [1.54, 1.807) is 0 Å². The number of aliphatic hydroxyl groups is 5. The molecule has 0 aromatic rings. The van der Waals surface area contributed by atoms with Gasteiger partial charge in [0.15, 0.2) is 0 Å². The Kier molecular flexibility index (Phi) is 3.03. The van der Waals surface area contributed by atoms with Gasteiger partial charge in [0.05, 0.1) is 12.2 Å². The summed E-state index contributed by atoms with van der Waals surface area (Å²) < 4.78 is 0. The van der Waals surface area contributed by atoms with Gasteiger partial charge in [0.2, 0.25) is 0 Å². The van der Waals surface area contributed by atoms with Crippen LogP contribution in [-0.4, -0.2) is 56.6 Å². The van der Waals surface area contributed by atoms with Crippen molar-refractivity contribution in [3.63, 3.8) is 0 Å². The van der Waals surface area contributed by atoms with Gasteiger partial charge in [-0.1, -0.05) is 0 Å². The van der Waals surface area contributed by atoms with Crippen molar-refractivity contribution in [2.45, 2.75) is 30.8 Å². The zero-order valence-corrected chi connectivity index (χ0v) is 6.54. The van der Waals surface area contributed by atoms with Crippen LogP contribution >= 0.6 is 0 Å². The third-order valence-corrected chi connectivity index (χ3v) is 2.36. The molecule has 12 heavy (non-hydrogen) atoms. The number of hydrogen-bond donors (Lipinski definition) is 5. The van der Waals surface area contributed by atoms with Crippen molar-refractivity contribution in [2.75, 3.05) is 6.61 Å². The standard InChI is InChI=1S/C7H14O5/c8-2-3-1-4(9)6(11)7(12)5(3)10/h3-12H,1-2H2/t3?,4-,5+,6?,7?/m1/s1. The smallest absolute Gasteiger partial charge is 0.109 e. The maximum absolute atomic E-state index is 9.24. The zero-order valence-electron chi connectivity index (χ0n) is 6.54. The van der Waals surface area contributed by atoms with E-state index < -0.39 is 30.3 Å². The van der Waals surface area contributed by atoms with Crippen LogP contribution < -0.4 is 0 Å². The average molecular weight is 178 g/mol. The highest BCUT2D eigenvalue weighted by molar-refractivity contribution is 4.91. The molecule has 1 aliphatic rings. The summed E-state index contributed by atoms with van der Waals surface area (Å²) in [6, 6.07) is 0. The Morgan fingerprint density at radius 3 is 2.00 bits per heavy atom. The van der Waals surface area contributed by atoms with Crippen LogP contribution in [-0.2, 0) is 0 Å². The largest absolute Gasteiger partial charge is 0.396 e. The SMILES string of the molecule is OCC1C[C@@H](O)C(O)C(O)[C@H]1O. The fraction of sp³-hybridized carbons (Fsp3) is 1.00. The molecule has 5 heteroatoms. The molecule has 72 valence electrons. The van der Waals surface area contributed by atoms with E-state index in [4.69, 9.17) is 20.4 Å². The molecule has 5 N–H and O–H groups in total. The number of rotatable bonds is 1. The Labute approximate surface area is 69.9 Å². The molecule has 5 atom stereocenters. The molecule has 1 fully saturated rings. The van der Waals surface area contributed by atoms with Gasteiger partial charge in [0.25, 0.3) is 0 Å². The average Bonchev–Trinajstić information content (AvgIpc) is 2.08. The Balaban J connectivity index is 2.63. The van der Waals surface area contributed by atoms with Crippen molar-refractivity contribution in [3.8, 4) is 0 Å². The summed E-state index contributed by atoms with van der Waals surface area (Å²) in [6.07, 6.45) is -4.81. The lowest BCUT2D eigenvalue weighted by Gasteiger charge is -2.37. The van der Waals surface area contributed by atoms with Crippen molar-refractivity contribution >= 4 is 0 Å². The van der Waals surface area contributed by atoms with Gasteiger partial charge in [0.1, 0.15) is 12.2 Å². The zero-order chi connectivity index (χ0) is 9.30. The van der Waals surface area contributed by atoms with E-state index in [9.17, 15) is 5.11 Å². The maximum Gasteiger partial charge on any atom is 0.109 e. The van der Waals surface area contributed by atoms with Gasteiger partial charge < -0.3 is 25.5 Å². The fourth-order valence-corrected chi connectivity index (χ4v) is 1.48. The molecule has 0 saturated heterocycles. The van der Waals surface area contributed by atoms with E-state index in [2.05, 4.69) is 0 Å². The topological polar surface area (TPSA) is 101 Å². The molecule has 3 unspecified atom stereocenters. The van der Waals surface area contributed by atoms with Crippen LogP contribution in [0.1, 0.15) is 6.42 Å². The molecule has 0 aromatic heterocycles. The van der Waals surface area contributed by atoms with Crippen LogP contribution in [0.4, 0.5) is 0 Å². The molecule has 5 nitrogen and oxygen atoms in total. The summed E-state index contributed by atoms with van der Waals surface area (Å²) in [5, 5.41) is 45.3. The lowest BCUT2D eigenvalue weighted by molar-refractivity contribution is -0.163. The van der Waals surface area contributed by atoms with E-state index >= 15 is 0 Å². The number of aliphatic hydroxyl groups excluding tert-OH is 5. The minimum absolute atomic E-state index is 0.107. The molecule has 0 aliphatic heterocycles. The Morgan fingerprint density at radius 1 is 0.917 bits per heavy atom. The van der Waals surface area contributed by atoms with Crippen LogP contribution in [0.5, 0.6) is 0 Å². The second-order valence-corrected chi connectivity index (χ2v) is 3.22. The first-order valence-electron chi connectivity index (χ1n) is 3.91. The second kappa shape index (κ2) is 3.68. The second-order valence-electron chi connectivity index (χ2n) is 3.22. The monoisotopic (exact) mass is 178 g/mol. The molecule has 0 bridgehead atoms.